The van der Waals surface area contributed by atoms with Crippen molar-refractivity contribution in [1.82, 2.24) is 9.55 Å². The zero-order valence-corrected chi connectivity index (χ0v) is 17.4. The van der Waals surface area contributed by atoms with Crippen molar-refractivity contribution in [2.24, 2.45) is 0 Å². The summed E-state index contributed by atoms with van der Waals surface area (Å²) >= 11 is 0. The molecule has 5 heteroatoms. The Morgan fingerprint density at radius 3 is 2.32 bits per heavy atom. The second-order valence-electron chi connectivity index (χ2n) is 7.11. The maximum absolute atomic E-state index is 9.34. The SMILES string of the molecule is COc1ccc(-c2nc(C#N)cn2-c2ccc(CCOCc3ccccc3)cc2)cc1. The number of rotatable bonds is 8. The van der Waals surface area contributed by atoms with Crippen LogP contribution in [0.3, 0.4) is 0 Å². The monoisotopic (exact) mass is 409 g/mol. The minimum Gasteiger partial charge on any atom is -0.497 e. The van der Waals surface area contributed by atoms with Crippen molar-refractivity contribution in [3.63, 3.8) is 0 Å². The summed E-state index contributed by atoms with van der Waals surface area (Å²) in [5.41, 5.74) is 4.62. The Balaban J connectivity index is 1.46. The van der Waals surface area contributed by atoms with Crippen LogP contribution in [-0.4, -0.2) is 23.3 Å². The van der Waals surface area contributed by atoms with Crippen molar-refractivity contribution in [2.45, 2.75) is 13.0 Å². The third-order valence-electron chi connectivity index (χ3n) is 5.03. The van der Waals surface area contributed by atoms with E-state index in [2.05, 4.69) is 35.3 Å². The van der Waals surface area contributed by atoms with Gasteiger partial charge in [0.2, 0.25) is 0 Å². The van der Waals surface area contributed by atoms with Crippen LogP contribution in [0.4, 0.5) is 0 Å². The van der Waals surface area contributed by atoms with Crippen LogP contribution in [0.1, 0.15) is 16.8 Å². The molecule has 0 spiro atoms. The quantitative estimate of drug-likeness (QED) is 0.376. The molecule has 0 saturated heterocycles. The third kappa shape index (κ3) is 5.00. The number of aromatic nitrogens is 2. The van der Waals surface area contributed by atoms with Gasteiger partial charge in [-0.3, -0.25) is 4.57 Å². The lowest BCUT2D eigenvalue weighted by atomic mass is 10.1. The van der Waals surface area contributed by atoms with E-state index in [0.717, 1.165) is 29.2 Å². The average molecular weight is 409 g/mol. The fraction of sp³-hybridized carbons (Fsp3) is 0.154. The molecule has 0 unspecified atom stereocenters. The number of benzene rings is 3. The summed E-state index contributed by atoms with van der Waals surface area (Å²) in [4.78, 5) is 4.48. The van der Waals surface area contributed by atoms with Crippen LogP contribution in [0.25, 0.3) is 17.1 Å². The summed E-state index contributed by atoms with van der Waals surface area (Å²) in [6.07, 6.45) is 2.60. The molecule has 0 aliphatic rings. The highest BCUT2D eigenvalue weighted by molar-refractivity contribution is 5.61. The molecule has 4 rings (SSSR count). The lowest BCUT2D eigenvalue weighted by Crippen LogP contribution is -2.00. The fourth-order valence-electron chi connectivity index (χ4n) is 3.35. The van der Waals surface area contributed by atoms with Crippen LogP contribution in [0.15, 0.2) is 85.1 Å². The highest BCUT2D eigenvalue weighted by Gasteiger charge is 2.12. The van der Waals surface area contributed by atoms with Gasteiger partial charge in [0.1, 0.15) is 17.6 Å². The number of methoxy groups -OCH3 is 1. The molecule has 0 fully saturated rings. The first-order valence-electron chi connectivity index (χ1n) is 10.1. The maximum Gasteiger partial charge on any atom is 0.159 e. The summed E-state index contributed by atoms with van der Waals surface area (Å²) in [6, 6.07) is 28.2. The Morgan fingerprint density at radius 1 is 0.903 bits per heavy atom. The molecule has 4 aromatic rings. The largest absolute Gasteiger partial charge is 0.497 e. The highest BCUT2D eigenvalue weighted by Crippen LogP contribution is 2.25. The second-order valence-corrected chi connectivity index (χ2v) is 7.11. The Kier molecular flexibility index (Phi) is 6.41. The third-order valence-corrected chi connectivity index (χ3v) is 5.03. The molecule has 0 bridgehead atoms. The predicted molar refractivity (Wildman–Crippen MR) is 120 cm³/mol. The van der Waals surface area contributed by atoms with Gasteiger partial charge in [0.15, 0.2) is 5.69 Å². The summed E-state index contributed by atoms with van der Waals surface area (Å²) in [5.74, 6) is 1.50. The van der Waals surface area contributed by atoms with Crippen LogP contribution in [0, 0.1) is 11.3 Å². The minimum absolute atomic E-state index is 0.379. The molecular formula is C26H23N3O2. The van der Waals surface area contributed by atoms with E-state index in [0.29, 0.717) is 18.9 Å². The smallest absolute Gasteiger partial charge is 0.159 e. The number of ether oxygens (including phenoxy) is 2. The van der Waals surface area contributed by atoms with Crippen LogP contribution in [0.5, 0.6) is 5.75 Å². The van der Waals surface area contributed by atoms with Gasteiger partial charge in [-0.2, -0.15) is 5.26 Å². The Labute approximate surface area is 182 Å². The predicted octanol–water partition coefficient (Wildman–Crippen LogP) is 5.18. The van der Waals surface area contributed by atoms with Gasteiger partial charge in [-0.05, 0) is 53.9 Å². The van der Waals surface area contributed by atoms with E-state index in [1.807, 2.05) is 59.2 Å². The van der Waals surface area contributed by atoms with E-state index in [9.17, 15) is 5.26 Å². The highest BCUT2D eigenvalue weighted by atomic mass is 16.5. The van der Waals surface area contributed by atoms with Crippen LogP contribution >= 0.6 is 0 Å². The van der Waals surface area contributed by atoms with Crippen LogP contribution < -0.4 is 4.74 Å². The zero-order valence-electron chi connectivity index (χ0n) is 17.4. The van der Waals surface area contributed by atoms with E-state index < -0.39 is 0 Å². The molecule has 5 nitrogen and oxygen atoms in total. The molecule has 154 valence electrons. The Morgan fingerprint density at radius 2 is 1.65 bits per heavy atom. The lowest BCUT2D eigenvalue weighted by molar-refractivity contribution is 0.124. The van der Waals surface area contributed by atoms with Crippen LogP contribution in [0.2, 0.25) is 0 Å². The normalized spacial score (nSPS) is 10.6. The number of hydrogen-bond donors (Lipinski definition) is 0. The van der Waals surface area contributed by atoms with Gasteiger partial charge in [-0.15, -0.1) is 0 Å². The summed E-state index contributed by atoms with van der Waals surface area (Å²) in [5, 5.41) is 9.34. The average Bonchev–Trinajstić information content (AvgIpc) is 3.27. The van der Waals surface area contributed by atoms with Crippen molar-refractivity contribution < 1.29 is 9.47 Å². The van der Waals surface area contributed by atoms with Crippen LogP contribution in [-0.2, 0) is 17.8 Å². The Bertz CT molecular complexity index is 1160. The van der Waals surface area contributed by atoms with E-state index in [-0.39, 0.29) is 0 Å². The molecule has 0 N–H and O–H groups in total. The van der Waals surface area contributed by atoms with Gasteiger partial charge in [0, 0.05) is 17.4 Å². The van der Waals surface area contributed by atoms with Gasteiger partial charge in [0.05, 0.1) is 20.3 Å². The van der Waals surface area contributed by atoms with Gasteiger partial charge >= 0.3 is 0 Å². The molecular weight excluding hydrogens is 386 g/mol. The van der Waals surface area contributed by atoms with Gasteiger partial charge in [0.25, 0.3) is 0 Å². The number of imidazole rings is 1. The second kappa shape index (κ2) is 9.75. The van der Waals surface area contributed by atoms with E-state index in [4.69, 9.17) is 9.47 Å². The topological polar surface area (TPSA) is 60.1 Å². The molecule has 0 saturated carbocycles. The first kappa shape index (κ1) is 20.4. The van der Waals surface area contributed by atoms with Gasteiger partial charge in [-0.25, -0.2) is 4.98 Å². The van der Waals surface area contributed by atoms with Crippen molar-refractivity contribution >= 4 is 0 Å². The number of hydrogen-bond acceptors (Lipinski definition) is 4. The Hall–Kier alpha value is -3.88. The van der Waals surface area contributed by atoms with Gasteiger partial charge in [-0.1, -0.05) is 42.5 Å². The van der Waals surface area contributed by atoms with E-state index >= 15 is 0 Å². The molecule has 3 aromatic carbocycles. The van der Waals surface area contributed by atoms with E-state index in [1.165, 1.54) is 11.1 Å². The molecule has 0 atom stereocenters. The van der Waals surface area contributed by atoms with Gasteiger partial charge < -0.3 is 9.47 Å². The van der Waals surface area contributed by atoms with Crippen molar-refractivity contribution in [3.8, 4) is 28.9 Å². The zero-order chi connectivity index (χ0) is 21.5. The molecule has 0 amide bonds. The molecule has 1 aromatic heterocycles. The number of nitriles is 1. The van der Waals surface area contributed by atoms with Crippen molar-refractivity contribution in [2.75, 3.05) is 13.7 Å². The first-order valence-corrected chi connectivity index (χ1v) is 10.1. The summed E-state index contributed by atoms with van der Waals surface area (Å²) in [7, 11) is 1.64. The first-order chi connectivity index (χ1) is 15.3. The van der Waals surface area contributed by atoms with E-state index in [1.54, 1.807) is 13.3 Å². The summed E-state index contributed by atoms with van der Waals surface area (Å²) < 4.78 is 13.0. The molecule has 31 heavy (non-hydrogen) atoms. The fourth-order valence-corrected chi connectivity index (χ4v) is 3.35. The lowest BCUT2D eigenvalue weighted by Gasteiger charge is -2.10. The molecule has 0 aliphatic heterocycles. The standard InChI is InChI=1S/C26H23N3O2/c1-30-25-13-9-22(10-14-25)26-28-23(17-27)18-29(26)24-11-7-20(8-12-24)15-16-31-19-21-5-3-2-4-6-21/h2-14,18H,15-16,19H2,1H3. The maximum atomic E-state index is 9.34. The molecule has 0 radical (unpaired) electrons. The molecule has 0 aliphatic carbocycles. The van der Waals surface area contributed by atoms with Crippen molar-refractivity contribution in [1.29, 1.82) is 5.26 Å². The molecule has 1 heterocycles. The summed E-state index contributed by atoms with van der Waals surface area (Å²) in [6.45, 7) is 1.28. The minimum atomic E-state index is 0.379. The van der Waals surface area contributed by atoms with Crippen molar-refractivity contribution in [3.05, 3.63) is 102 Å². The number of nitrogens with zero attached hydrogens (tertiary/aromatic N) is 3.